The molecule has 3 N–H and O–H groups in total. The van der Waals surface area contributed by atoms with Crippen molar-refractivity contribution in [2.45, 2.75) is 6.42 Å². The normalized spacial score (nSPS) is 12.1. The lowest BCUT2D eigenvalue weighted by Gasteiger charge is -2.02. The first-order chi connectivity index (χ1) is 13.8. The Hall–Kier alpha value is -3.93. The van der Waals surface area contributed by atoms with E-state index in [0.29, 0.717) is 12.1 Å². The topological polar surface area (TPSA) is 89.9 Å². The van der Waals surface area contributed by atoms with Gasteiger partial charge in [0.05, 0.1) is 11.2 Å². The number of benzene rings is 2. The van der Waals surface area contributed by atoms with Crippen LogP contribution < -0.4 is 0 Å². The van der Waals surface area contributed by atoms with E-state index in [0.717, 1.165) is 44.3 Å². The Labute approximate surface area is 160 Å². The zero-order valence-corrected chi connectivity index (χ0v) is 14.9. The van der Waals surface area contributed by atoms with E-state index in [-0.39, 0.29) is 0 Å². The van der Waals surface area contributed by atoms with Gasteiger partial charge in [0.1, 0.15) is 11.4 Å². The van der Waals surface area contributed by atoms with Crippen LogP contribution in [0.3, 0.4) is 0 Å². The fourth-order valence-corrected chi connectivity index (χ4v) is 3.50. The first-order valence-corrected chi connectivity index (χ1v) is 8.98. The van der Waals surface area contributed by atoms with Crippen molar-refractivity contribution >= 4 is 27.5 Å². The molecule has 3 aromatic heterocycles. The summed E-state index contributed by atoms with van der Waals surface area (Å²) in [6.07, 6.45) is 4.07. The standard InChI is InChI=1S/C22H17N5O/c28-27-21(10-14-4-2-1-3-5-14)20-12-16-11-17-19(13-18(16)24-20)25-26-22(17)15-6-8-23-9-7-15/h1-9,11-13,24,28H,10H2,(H,25,26)/b27-21-. The van der Waals surface area contributed by atoms with Crippen LogP contribution >= 0.6 is 0 Å². The summed E-state index contributed by atoms with van der Waals surface area (Å²) in [5.74, 6) is 0. The predicted octanol–water partition coefficient (Wildman–Crippen LogP) is 4.53. The van der Waals surface area contributed by atoms with E-state index in [1.165, 1.54) is 0 Å². The van der Waals surface area contributed by atoms with Crippen LogP contribution in [0.25, 0.3) is 33.1 Å². The fraction of sp³-hybridized carbons (Fsp3) is 0.0455. The fourth-order valence-electron chi connectivity index (χ4n) is 3.50. The van der Waals surface area contributed by atoms with Crippen LogP contribution in [0, 0.1) is 0 Å². The second kappa shape index (κ2) is 6.66. The first-order valence-electron chi connectivity index (χ1n) is 8.98. The van der Waals surface area contributed by atoms with E-state index in [4.69, 9.17) is 0 Å². The molecular weight excluding hydrogens is 350 g/mol. The number of oxime groups is 1. The second-order valence-electron chi connectivity index (χ2n) is 6.69. The number of aromatic nitrogens is 4. The Bertz CT molecular complexity index is 1290. The summed E-state index contributed by atoms with van der Waals surface area (Å²) in [5, 5.41) is 22.7. The van der Waals surface area contributed by atoms with Crippen molar-refractivity contribution in [1.29, 1.82) is 0 Å². The average Bonchev–Trinajstić information content (AvgIpc) is 3.35. The lowest BCUT2D eigenvalue weighted by molar-refractivity contribution is 0.318. The van der Waals surface area contributed by atoms with Gasteiger partial charge in [-0.05, 0) is 35.9 Å². The highest BCUT2D eigenvalue weighted by Gasteiger charge is 2.13. The monoisotopic (exact) mass is 367 g/mol. The molecular formula is C22H17N5O. The third-order valence-electron chi connectivity index (χ3n) is 4.90. The molecule has 0 aliphatic carbocycles. The maximum atomic E-state index is 9.55. The van der Waals surface area contributed by atoms with Gasteiger partial charge in [0.2, 0.25) is 0 Å². The van der Waals surface area contributed by atoms with Gasteiger partial charge in [-0.25, -0.2) is 0 Å². The zero-order valence-electron chi connectivity index (χ0n) is 14.9. The van der Waals surface area contributed by atoms with Gasteiger partial charge in [0, 0.05) is 40.7 Å². The highest BCUT2D eigenvalue weighted by Crippen LogP contribution is 2.30. The quantitative estimate of drug-likeness (QED) is 0.248. The molecule has 0 fully saturated rings. The molecule has 0 aliphatic rings. The van der Waals surface area contributed by atoms with Crippen molar-refractivity contribution in [1.82, 2.24) is 20.2 Å². The minimum Gasteiger partial charge on any atom is -0.411 e. The molecule has 6 heteroatoms. The van der Waals surface area contributed by atoms with Gasteiger partial charge in [-0.2, -0.15) is 5.10 Å². The molecule has 5 aromatic rings. The average molecular weight is 367 g/mol. The summed E-state index contributed by atoms with van der Waals surface area (Å²) < 4.78 is 0. The minimum absolute atomic E-state index is 0.547. The molecule has 0 spiro atoms. The molecule has 0 saturated heterocycles. The van der Waals surface area contributed by atoms with Gasteiger partial charge in [-0.1, -0.05) is 35.5 Å². The van der Waals surface area contributed by atoms with Crippen molar-refractivity contribution in [3.8, 4) is 11.3 Å². The molecule has 0 unspecified atom stereocenters. The van der Waals surface area contributed by atoms with Crippen molar-refractivity contribution in [3.63, 3.8) is 0 Å². The number of hydrogen-bond acceptors (Lipinski definition) is 4. The van der Waals surface area contributed by atoms with Crippen molar-refractivity contribution in [2.75, 3.05) is 0 Å². The number of hydrogen-bond donors (Lipinski definition) is 3. The molecule has 0 atom stereocenters. The molecule has 2 aromatic carbocycles. The molecule has 0 aliphatic heterocycles. The Kier molecular flexibility index (Phi) is 3.87. The maximum Gasteiger partial charge on any atom is 0.107 e. The molecule has 5 rings (SSSR count). The summed E-state index contributed by atoms with van der Waals surface area (Å²) in [6.45, 7) is 0. The molecule has 0 radical (unpaired) electrons. The maximum absolute atomic E-state index is 9.55. The molecule has 136 valence electrons. The van der Waals surface area contributed by atoms with E-state index in [2.05, 4.69) is 31.4 Å². The second-order valence-corrected chi connectivity index (χ2v) is 6.69. The Morgan fingerprint density at radius 2 is 1.79 bits per heavy atom. The van der Waals surface area contributed by atoms with Crippen LogP contribution in [0.1, 0.15) is 11.3 Å². The van der Waals surface area contributed by atoms with Gasteiger partial charge >= 0.3 is 0 Å². The van der Waals surface area contributed by atoms with Crippen molar-refractivity contribution in [3.05, 3.63) is 84.3 Å². The van der Waals surface area contributed by atoms with Crippen LogP contribution in [0.15, 0.2) is 78.2 Å². The Morgan fingerprint density at radius 1 is 0.964 bits per heavy atom. The van der Waals surface area contributed by atoms with E-state index < -0.39 is 0 Å². The number of H-pyrrole nitrogens is 2. The van der Waals surface area contributed by atoms with Gasteiger partial charge in [0.25, 0.3) is 0 Å². The Balaban J connectivity index is 1.57. The molecule has 0 amide bonds. The molecule has 3 heterocycles. The largest absolute Gasteiger partial charge is 0.411 e. The summed E-state index contributed by atoms with van der Waals surface area (Å²) >= 11 is 0. The summed E-state index contributed by atoms with van der Waals surface area (Å²) in [5.41, 5.74) is 6.29. The minimum atomic E-state index is 0.547. The lowest BCUT2D eigenvalue weighted by Crippen LogP contribution is -2.05. The van der Waals surface area contributed by atoms with Gasteiger partial charge in [-0.3, -0.25) is 10.1 Å². The van der Waals surface area contributed by atoms with E-state index in [1.54, 1.807) is 12.4 Å². The van der Waals surface area contributed by atoms with Crippen LogP contribution in [0.4, 0.5) is 0 Å². The summed E-state index contributed by atoms with van der Waals surface area (Å²) in [7, 11) is 0. The Morgan fingerprint density at radius 3 is 2.57 bits per heavy atom. The first kappa shape index (κ1) is 16.3. The number of nitrogens with one attached hydrogen (secondary N) is 2. The molecule has 28 heavy (non-hydrogen) atoms. The highest BCUT2D eigenvalue weighted by molar-refractivity contribution is 6.07. The number of rotatable bonds is 4. The summed E-state index contributed by atoms with van der Waals surface area (Å²) in [6, 6.07) is 20.0. The zero-order chi connectivity index (χ0) is 18.9. The third kappa shape index (κ3) is 2.81. The van der Waals surface area contributed by atoms with Crippen LogP contribution in [-0.4, -0.2) is 31.1 Å². The third-order valence-corrected chi connectivity index (χ3v) is 4.90. The molecule has 0 saturated carbocycles. The van der Waals surface area contributed by atoms with E-state index >= 15 is 0 Å². The van der Waals surface area contributed by atoms with Gasteiger partial charge < -0.3 is 10.2 Å². The van der Waals surface area contributed by atoms with E-state index in [9.17, 15) is 5.21 Å². The van der Waals surface area contributed by atoms with Gasteiger partial charge in [0.15, 0.2) is 0 Å². The highest BCUT2D eigenvalue weighted by atomic mass is 16.4. The van der Waals surface area contributed by atoms with Crippen LogP contribution in [0.5, 0.6) is 0 Å². The van der Waals surface area contributed by atoms with Crippen LogP contribution in [0.2, 0.25) is 0 Å². The summed E-state index contributed by atoms with van der Waals surface area (Å²) in [4.78, 5) is 7.43. The predicted molar refractivity (Wildman–Crippen MR) is 110 cm³/mol. The van der Waals surface area contributed by atoms with E-state index in [1.807, 2.05) is 54.6 Å². The van der Waals surface area contributed by atoms with Crippen LogP contribution in [-0.2, 0) is 6.42 Å². The van der Waals surface area contributed by atoms with Crippen molar-refractivity contribution < 1.29 is 5.21 Å². The number of pyridine rings is 1. The molecule has 6 nitrogen and oxygen atoms in total. The smallest absolute Gasteiger partial charge is 0.107 e. The number of aromatic amines is 2. The molecule has 0 bridgehead atoms. The number of fused-ring (bicyclic) bond motifs is 2. The number of nitrogens with zero attached hydrogens (tertiary/aromatic N) is 3. The SMILES string of the molecule is O/N=C(/Cc1ccccc1)c1cc2cc3c(-c4ccncc4)n[nH]c3cc2[nH]1. The lowest BCUT2D eigenvalue weighted by atomic mass is 10.1. The van der Waals surface area contributed by atoms with Crippen molar-refractivity contribution in [2.24, 2.45) is 5.16 Å². The van der Waals surface area contributed by atoms with Gasteiger partial charge in [-0.15, -0.1) is 0 Å².